The van der Waals surface area contributed by atoms with Gasteiger partial charge in [0, 0.05) is 30.6 Å². The average molecular weight is 435 g/mol. The summed E-state index contributed by atoms with van der Waals surface area (Å²) in [6.45, 7) is 0.661. The highest BCUT2D eigenvalue weighted by Crippen LogP contribution is 2.44. The van der Waals surface area contributed by atoms with Crippen LogP contribution < -0.4 is 21.9 Å². The number of nitrogens with one attached hydrogen (secondary N) is 4. The zero-order chi connectivity index (χ0) is 22.6. The van der Waals surface area contributed by atoms with Crippen molar-refractivity contribution >= 4 is 28.5 Å². The number of halogens is 3. The second kappa shape index (κ2) is 6.86. The number of aromatic amines is 2. The van der Waals surface area contributed by atoms with Crippen LogP contribution >= 0.6 is 0 Å². The van der Waals surface area contributed by atoms with E-state index in [1.54, 1.807) is 11.5 Å². The van der Waals surface area contributed by atoms with Gasteiger partial charge in [-0.05, 0) is 18.1 Å². The van der Waals surface area contributed by atoms with Gasteiger partial charge in [-0.25, -0.2) is 4.79 Å². The maximum absolute atomic E-state index is 14.0. The fourth-order valence-electron chi connectivity index (χ4n) is 3.87. The summed E-state index contributed by atoms with van der Waals surface area (Å²) < 4.78 is 42.8. The number of aryl methyl sites for hydroxylation is 1. The van der Waals surface area contributed by atoms with E-state index in [1.165, 1.54) is 0 Å². The molecule has 9 nitrogen and oxygen atoms in total. The summed E-state index contributed by atoms with van der Waals surface area (Å²) >= 11 is 0. The number of alkyl halides is 3. The number of anilines is 1. The van der Waals surface area contributed by atoms with Gasteiger partial charge in [0.25, 0.3) is 11.5 Å². The van der Waals surface area contributed by atoms with Crippen LogP contribution in [-0.2, 0) is 28.1 Å². The quantitative estimate of drug-likeness (QED) is 0.489. The van der Waals surface area contributed by atoms with Crippen LogP contribution in [0.2, 0.25) is 0 Å². The fraction of sp³-hybridized carbons (Fsp3) is 0.263. The van der Waals surface area contributed by atoms with Crippen molar-refractivity contribution in [2.75, 3.05) is 5.32 Å². The molecule has 0 aliphatic carbocycles. The lowest BCUT2D eigenvalue weighted by Gasteiger charge is -2.29. The Kier molecular flexibility index (Phi) is 4.52. The summed E-state index contributed by atoms with van der Waals surface area (Å²) in [6.07, 6.45) is -3.41. The summed E-state index contributed by atoms with van der Waals surface area (Å²) in [5.41, 5.74) is -5.43. The molecule has 2 amide bonds. The molecule has 1 atom stereocenters. The molecule has 0 bridgehead atoms. The van der Waals surface area contributed by atoms with Crippen molar-refractivity contribution in [1.82, 2.24) is 19.9 Å². The van der Waals surface area contributed by atoms with E-state index in [0.717, 1.165) is 28.0 Å². The number of para-hydroxylation sites is 1. The standard InChI is InChI=1S/C19H16F3N5O4/c1-9(28)26-18(19(20,21)22)13-14(24-16(18)30)27(17(31)25-15(13)29)7-6-10-8-23-12-5-3-2-4-11(10)12/h2-5,8,23H,6-7H2,1H3,(H,24,30)(H,26,28)(H,25,29,31). The Hall–Kier alpha value is -3.83. The Balaban J connectivity index is 1.83. The van der Waals surface area contributed by atoms with Crippen LogP contribution in [0.25, 0.3) is 10.9 Å². The van der Waals surface area contributed by atoms with E-state index in [9.17, 15) is 32.3 Å². The van der Waals surface area contributed by atoms with Gasteiger partial charge >= 0.3 is 11.9 Å². The molecule has 4 N–H and O–H groups in total. The third kappa shape index (κ3) is 3.02. The number of carbonyl (C=O) groups is 2. The van der Waals surface area contributed by atoms with Crippen LogP contribution in [0.4, 0.5) is 19.0 Å². The van der Waals surface area contributed by atoms with Crippen LogP contribution in [0, 0.1) is 0 Å². The molecule has 162 valence electrons. The van der Waals surface area contributed by atoms with Crippen LogP contribution in [0.1, 0.15) is 18.1 Å². The molecule has 2 aromatic heterocycles. The van der Waals surface area contributed by atoms with Crippen LogP contribution in [0.15, 0.2) is 40.1 Å². The molecule has 0 saturated heterocycles. The third-order valence-electron chi connectivity index (χ3n) is 5.22. The average Bonchev–Trinajstić information content (AvgIpc) is 3.21. The largest absolute Gasteiger partial charge is 0.425 e. The van der Waals surface area contributed by atoms with Gasteiger partial charge in [0.05, 0.1) is 0 Å². The minimum atomic E-state index is -5.33. The normalized spacial score (nSPS) is 18.1. The predicted octanol–water partition coefficient (Wildman–Crippen LogP) is 1.11. The Bertz CT molecular complexity index is 1340. The molecular weight excluding hydrogens is 419 g/mol. The van der Waals surface area contributed by atoms with Gasteiger partial charge < -0.3 is 15.6 Å². The van der Waals surface area contributed by atoms with Crippen molar-refractivity contribution in [2.45, 2.75) is 31.6 Å². The molecule has 1 aromatic carbocycles. The van der Waals surface area contributed by atoms with Crippen LogP contribution in [-0.4, -0.2) is 32.5 Å². The molecule has 0 saturated carbocycles. The number of hydrogen-bond donors (Lipinski definition) is 4. The predicted molar refractivity (Wildman–Crippen MR) is 104 cm³/mol. The second-order valence-electron chi connectivity index (χ2n) is 7.13. The number of aromatic nitrogens is 3. The number of amides is 2. The lowest BCUT2D eigenvalue weighted by molar-refractivity contribution is -0.200. The maximum Gasteiger partial charge on any atom is 0.425 e. The van der Waals surface area contributed by atoms with Gasteiger partial charge in [-0.1, -0.05) is 18.2 Å². The smallest absolute Gasteiger partial charge is 0.361 e. The third-order valence-corrected chi connectivity index (χ3v) is 5.22. The molecule has 1 aliphatic rings. The van der Waals surface area contributed by atoms with E-state index in [2.05, 4.69) is 4.98 Å². The minimum absolute atomic E-state index is 0.131. The zero-order valence-corrected chi connectivity index (χ0v) is 16.0. The highest BCUT2D eigenvalue weighted by molar-refractivity contribution is 6.07. The number of H-pyrrole nitrogens is 2. The van der Waals surface area contributed by atoms with Crippen molar-refractivity contribution in [3.05, 3.63) is 62.4 Å². The Morgan fingerprint density at radius 1 is 1.19 bits per heavy atom. The van der Waals surface area contributed by atoms with Gasteiger partial charge in [0.2, 0.25) is 11.4 Å². The Morgan fingerprint density at radius 3 is 2.58 bits per heavy atom. The molecule has 0 fully saturated rings. The van der Waals surface area contributed by atoms with Crippen molar-refractivity contribution in [3.8, 4) is 0 Å². The highest BCUT2D eigenvalue weighted by atomic mass is 19.4. The first-order chi connectivity index (χ1) is 14.6. The van der Waals surface area contributed by atoms with E-state index >= 15 is 0 Å². The van der Waals surface area contributed by atoms with Gasteiger partial charge in [-0.15, -0.1) is 0 Å². The van der Waals surface area contributed by atoms with Crippen molar-refractivity contribution < 1.29 is 22.8 Å². The monoisotopic (exact) mass is 435 g/mol. The molecule has 4 rings (SSSR count). The molecule has 12 heteroatoms. The van der Waals surface area contributed by atoms with Gasteiger partial charge in [0.15, 0.2) is 0 Å². The molecule has 31 heavy (non-hydrogen) atoms. The molecule has 0 spiro atoms. The van der Waals surface area contributed by atoms with Crippen molar-refractivity contribution in [2.24, 2.45) is 0 Å². The van der Waals surface area contributed by atoms with Crippen molar-refractivity contribution in [3.63, 3.8) is 0 Å². The second-order valence-corrected chi connectivity index (χ2v) is 7.13. The Labute approximate surface area is 171 Å². The first-order valence-electron chi connectivity index (χ1n) is 9.16. The molecule has 0 radical (unpaired) electrons. The van der Waals surface area contributed by atoms with Crippen molar-refractivity contribution in [1.29, 1.82) is 0 Å². The fourth-order valence-corrected chi connectivity index (χ4v) is 3.87. The summed E-state index contributed by atoms with van der Waals surface area (Å²) in [5.74, 6) is -3.43. The maximum atomic E-state index is 14.0. The number of fused-ring (bicyclic) bond motifs is 2. The molecular formula is C19H16F3N5O4. The molecule has 1 unspecified atom stereocenters. The number of hydrogen-bond acceptors (Lipinski definition) is 4. The summed E-state index contributed by atoms with van der Waals surface area (Å²) in [4.78, 5) is 53.6. The van der Waals surface area contributed by atoms with E-state index in [1.807, 2.05) is 34.6 Å². The lowest BCUT2D eigenvalue weighted by Crippen LogP contribution is -2.61. The summed E-state index contributed by atoms with van der Waals surface area (Å²) in [6, 6.07) is 7.33. The number of rotatable bonds is 4. The van der Waals surface area contributed by atoms with E-state index in [0.29, 0.717) is 0 Å². The van der Waals surface area contributed by atoms with E-state index in [4.69, 9.17) is 0 Å². The van der Waals surface area contributed by atoms with Gasteiger partial charge in [-0.2, -0.15) is 13.2 Å². The van der Waals surface area contributed by atoms with Crippen LogP contribution in [0.3, 0.4) is 0 Å². The number of benzene rings is 1. The molecule has 3 aromatic rings. The first kappa shape index (κ1) is 20.4. The topological polar surface area (TPSA) is 129 Å². The number of nitrogens with zero attached hydrogens (tertiary/aromatic N) is 1. The minimum Gasteiger partial charge on any atom is -0.361 e. The van der Waals surface area contributed by atoms with E-state index < -0.39 is 46.2 Å². The summed E-state index contributed by atoms with van der Waals surface area (Å²) in [7, 11) is 0. The zero-order valence-electron chi connectivity index (χ0n) is 16.0. The number of carbonyl (C=O) groups excluding carboxylic acids is 2. The first-order valence-corrected chi connectivity index (χ1v) is 9.16. The highest BCUT2D eigenvalue weighted by Gasteiger charge is 2.68. The van der Waals surface area contributed by atoms with Gasteiger partial charge in [-0.3, -0.25) is 23.9 Å². The van der Waals surface area contributed by atoms with Crippen LogP contribution in [0.5, 0.6) is 0 Å². The SMILES string of the molecule is CC(=O)NC1(C(F)(F)F)C(=O)Nc2c1c(=O)[nH]c(=O)n2CCc1c[nH]c2ccccc12. The summed E-state index contributed by atoms with van der Waals surface area (Å²) in [5, 5.41) is 4.41. The van der Waals surface area contributed by atoms with E-state index in [-0.39, 0.29) is 13.0 Å². The molecule has 1 aliphatic heterocycles. The lowest BCUT2D eigenvalue weighted by atomic mass is 9.92. The Morgan fingerprint density at radius 2 is 1.90 bits per heavy atom. The van der Waals surface area contributed by atoms with Gasteiger partial charge in [0.1, 0.15) is 11.4 Å². The molecule has 3 heterocycles.